The molecule has 0 radical (unpaired) electrons. The van der Waals surface area contributed by atoms with Gasteiger partial charge in [0, 0.05) is 12.0 Å². The van der Waals surface area contributed by atoms with E-state index in [-0.39, 0.29) is 5.78 Å². The lowest BCUT2D eigenvalue weighted by atomic mass is 10.0. The highest BCUT2D eigenvalue weighted by Gasteiger charge is 2.24. The molecular weight excluding hydrogens is 166 g/mol. The molecule has 1 aromatic rings. The van der Waals surface area contributed by atoms with Gasteiger partial charge in [0.2, 0.25) is 5.91 Å². The summed E-state index contributed by atoms with van der Waals surface area (Å²) in [6.07, 6.45) is 1.23. The molecule has 0 atom stereocenters. The number of fused-ring (bicyclic) bond motifs is 1. The number of ketones is 1. The Kier molecular flexibility index (Phi) is 1.65. The second kappa shape index (κ2) is 2.69. The monoisotopic (exact) mass is 175 g/mol. The molecule has 1 aliphatic carbocycles. The molecule has 2 rings (SSSR count). The van der Waals surface area contributed by atoms with E-state index in [9.17, 15) is 9.59 Å². The van der Waals surface area contributed by atoms with Crippen LogP contribution in [0.15, 0.2) is 18.2 Å². The molecule has 1 aromatic carbocycles. The molecule has 0 spiro atoms. The van der Waals surface area contributed by atoms with Crippen LogP contribution in [0.5, 0.6) is 0 Å². The molecule has 3 heteroatoms. The van der Waals surface area contributed by atoms with Crippen molar-refractivity contribution in [2.75, 3.05) is 0 Å². The minimum Gasteiger partial charge on any atom is -0.366 e. The van der Waals surface area contributed by atoms with Gasteiger partial charge in [0.25, 0.3) is 0 Å². The first-order valence-corrected chi connectivity index (χ1v) is 4.15. The number of primary amides is 1. The summed E-state index contributed by atoms with van der Waals surface area (Å²) in [6.45, 7) is 0. The van der Waals surface area contributed by atoms with Crippen LogP contribution in [0.3, 0.4) is 0 Å². The Balaban J connectivity index is 2.66. The number of amides is 1. The average molecular weight is 175 g/mol. The Morgan fingerprint density at radius 2 is 2.08 bits per heavy atom. The first-order valence-electron chi connectivity index (χ1n) is 4.15. The van der Waals surface area contributed by atoms with Gasteiger partial charge in [0.15, 0.2) is 5.78 Å². The van der Waals surface area contributed by atoms with Crippen LogP contribution in [0.2, 0.25) is 0 Å². The highest BCUT2D eigenvalue weighted by Crippen LogP contribution is 2.24. The van der Waals surface area contributed by atoms with E-state index in [4.69, 9.17) is 5.73 Å². The van der Waals surface area contributed by atoms with Gasteiger partial charge >= 0.3 is 0 Å². The molecule has 0 saturated carbocycles. The fourth-order valence-corrected chi connectivity index (χ4v) is 1.72. The maximum Gasteiger partial charge on any atom is 0.249 e. The zero-order valence-corrected chi connectivity index (χ0v) is 7.04. The summed E-state index contributed by atoms with van der Waals surface area (Å²) >= 11 is 0. The Morgan fingerprint density at radius 1 is 1.31 bits per heavy atom. The second-order valence-electron chi connectivity index (χ2n) is 3.13. The summed E-state index contributed by atoms with van der Waals surface area (Å²) in [5, 5.41) is 0. The average Bonchev–Trinajstić information content (AvgIpc) is 2.48. The van der Waals surface area contributed by atoms with E-state index in [1.54, 1.807) is 12.1 Å². The standard InChI is InChI=1S/C10H9NO2/c11-10(13)7-3-1-2-6-4-5-8(12)9(6)7/h1-3H,4-5H2,(H2,11,13). The van der Waals surface area contributed by atoms with Gasteiger partial charge in [0.05, 0.1) is 5.56 Å². The lowest BCUT2D eigenvalue weighted by Gasteiger charge is -2.02. The van der Waals surface area contributed by atoms with Crippen molar-refractivity contribution >= 4 is 11.7 Å². The first-order chi connectivity index (χ1) is 6.20. The van der Waals surface area contributed by atoms with Crippen LogP contribution in [0.25, 0.3) is 0 Å². The molecule has 2 N–H and O–H groups in total. The van der Waals surface area contributed by atoms with Crippen molar-refractivity contribution in [1.29, 1.82) is 0 Å². The first kappa shape index (κ1) is 7.98. The Bertz CT molecular complexity index is 396. The third-order valence-corrected chi connectivity index (χ3v) is 2.32. The fourth-order valence-electron chi connectivity index (χ4n) is 1.72. The molecule has 1 amide bonds. The SMILES string of the molecule is NC(=O)c1cccc2c1C(=O)CC2. The number of nitrogens with two attached hydrogens (primary N) is 1. The van der Waals surface area contributed by atoms with E-state index in [1.165, 1.54) is 0 Å². The van der Waals surface area contributed by atoms with Crippen LogP contribution in [0.4, 0.5) is 0 Å². The Morgan fingerprint density at radius 3 is 2.77 bits per heavy atom. The quantitative estimate of drug-likeness (QED) is 0.689. The van der Waals surface area contributed by atoms with Crippen LogP contribution in [0, 0.1) is 0 Å². The molecule has 0 bridgehead atoms. The number of hydrogen-bond acceptors (Lipinski definition) is 2. The molecule has 0 unspecified atom stereocenters. The molecule has 1 aliphatic rings. The van der Waals surface area contributed by atoms with E-state index in [0.717, 1.165) is 12.0 Å². The molecule has 0 aliphatic heterocycles. The zero-order valence-electron chi connectivity index (χ0n) is 7.04. The third-order valence-electron chi connectivity index (χ3n) is 2.32. The van der Waals surface area contributed by atoms with Crippen LogP contribution in [0.1, 0.15) is 32.7 Å². The molecule has 0 aromatic heterocycles. The molecule has 3 nitrogen and oxygen atoms in total. The summed E-state index contributed by atoms with van der Waals surface area (Å²) < 4.78 is 0. The summed E-state index contributed by atoms with van der Waals surface area (Å²) in [5.41, 5.74) is 7.00. The van der Waals surface area contributed by atoms with Crippen molar-refractivity contribution in [3.63, 3.8) is 0 Å². The van der Waals surface area contributed by atoms with E-state index < -0.39 is 5.91 Å². The topological polar surface area (TPSA) is 60.2 Å². The van der Waals surface area contributed by atoms with Crippen molar-refractivity contribution < 1.29 is 9.59 Å². The number of rotatable bonds is 1. The van der Waals surface area contributed by atoms with Crippen molar-refractivity contribution in [2.24, 2.45) is 5.73 Å². The Hall–Kier alpha value is -1.64. The van der Waals surface area contributed by atoms with Gasteiger partial charge in [-0.3, -0.25) is 9.59 Å². The number of carbonyl (C=O) groups excluding carboxylic acids is 2. The highest BCUT2D eigenvalue weighted by molar-refractivity contribution is 6.10. The van der Waals surface area contributed by atoms with Gasteiger partial charge in [0.1, 0.15) is 0 Å². The minimum atomic E-state index is -0.521. The zero-order chi connectivity index (χ0) is 9.42. The molecule has 66 valence electrons. The fraction of sp³-hybridized carbons (Fsp3) is 0.200. The normalized spacial score (nSPS) is 14.3. The summed E-state index contributed by atoms with van der Waals surface area (Å²) in [6, 6.07) is 5.23. The minimum absolute atomic E-state index is 0.0319. The summed E-state index contributed by atoms with van der Waals surface area (Å²) in [5.74, 6) is -0.489. The number of aryl methyl sites for hydroxylation is 1. The van der Waals surface area contributed by atoms with Crippen LogP contribution in [-0.4, -0.2) is 11.7 Å². The van der Waals surface area contributed by atoms with Gasteiger partial charge in [-0.1, -0.05) is 12.1 Å². The van der Waals surface area contributed by atoms with Crippen LogP contribution in [-0.2, 0) is 6.42 Å². The molecule has 13 heavy (non-hydrogen) atoms. The predicted octanol–water partition coefficient (Wildman–Crippen LogP) is 0.914. The summed E-state index contributed by atoms with van der Waals surface area (Å²) in [7, 11) is 0. The third kappa shape index (κ3) is 1.13. The Labute approximate surface area is 75.5 Å². The summed E-state index contributed by atoms with van der Waals surface area (Å²) in [4.78, 5) is 22.4. The smallest absolute Gasteiger partial charge is 0.249 e. The van der Waals surface area contributed by atoms with Crippen LogP contribution >= 0.6 is 0 Å². The molecule has 0 heterocycles. The lowest BCUT2D eigenvalue weighted by molar-refractivity contribution is 0.0966. The molecule has 0 saturated heterocycles. The number of Topliss-reactive ketones (excluding diaryl/α,β-unsaturated/α-hetero) is 1. The van der Waals surface area contributed by atoms with Crippen molar-refractivity contribution in [1.82, 2.24) is 0 Å². The molecule has 0 fully saturated rings. The highest BCUT2D eigenvalue weighted by atomic mass is 16.1. The second-order valence-corrected chi connectivity index (χ2v) is 3.13. The number of benzene rings is 1. The maximum atomic E-state index is 11.4. The van der Waals surface area contributed by atoms with Gasteiger partial charge in [-0.25, -0.2) is 0 Å². The van der Waals surface area contributed by atoms with Gasteiger partial charge in [-0.15, -0.1) is 0 Å². The van der Waals surface area contributed by atoms with Crippen molar-refractivity contribution in [3.8, 4) is 0 Å². The van der Waals surface area contributed by atoms with Crippen LogP contribution < -0.4 is 5.73 Å². The maximum absolute atomic E-state index is 11.4. The van der Waals surface area contributed by atoms with Gasteiger partial charge in [-0.05, 0) is 18.1 Å². The predicted molar refractivity (Wildman–Crippen MR) is 47.6 cm³/mol. The van der Waals surface area contributed by atoms with E-state index >= 15 is 0 Å². The lowest BCUT2D eigenvalue weighted by Crippen LogP contribution is -2.15. The number of carbonyl (C=O) groups is 2. The largest absolute Gasteiger partial charge is 0.366 e. The van der Waals surface area contributed by atoms with Crippen molar-refractivity contribution in [2.45, 2.75) is 12.8 Å². The number of hydrogen-bond donors (Lipinski definition) is 1. The van der Waals surface area contributed by atoms with Crippen molar-refractivity contribution in [3.05, 3.63) is 34.9 Å². The van der Waals surface area contributed by atoms with Gasteiger partial charge in [-0.2, -0.15) is 0 Å². The van der Waals surface area contributed by atoms with E-state index in [2.05, 4.69) is 0 Å². The van der Waals surface area contributed by atoms with E-state index in [0.29, 0.717) is 17.5 Å². The molecular formula is C10H9NO2. The van der Waals surface area contributed by atoms with E-state index in [1.807, 2.05) is 6.07 Å². The van der Waals surface area contributed by atoms with Gasteiger partial charge < -0.3 is 5.73 Å².